The zero-order valence-electron chi connectivity index (χ0n) is 9.69. The molecule has 3 heterocycles. The lowest BCUT2D eigenvalue weighted by Gasteiger charge is -1.91. The molecule has 0 spiro atoms. The molecule has 0 radical (unpaired) electrons. The van der Waals surface area contributed by atoms with E-state index in [1.54, 1.807) is 0 Å². The van der Waals surface area contributed by atoms with E-state index in [0.717, 1.165) is 23.0 Å². The van der Waals surface area contributed by atoms with Crippen molar-refractivity contribution in [3.8, 4) is 23.0 Å². The quantitative estimate of drug-likeness (QED) is 0.651. The Kier molecular flexibility index (Phi) is 2.18. The average Bonchev–Trinajstić information content (AvgIpc) is 2.96. The summed E-state index contributed by atoms with van der Waals surface area (Å²) >= 11 is 0. The molecule has 86 valence electrons. The van der Waals surface area contributed by atoms with Crippen molar-refractivity contribution >= 4 is 0 Å². The molecule has 3 rings (SSSR count). The summed E-state index contributed by atoms with van der Waals surface area (Å²) in [5, 5.41) is 0. The Morgan fingerprint density at radius 3 is 1.24 bits per heavy atom. The zero-order chi connectivity index (χ0) is 11.8. The molecular weight excluding hydrogens is 216 g/mol. The highest BCUT2D eigenvalue weighted by Crippen LogP contribution is 2.30. The summed E-state index contributed by atoms with van der Waals surface area (Å²) in [6, 6.07) is 11.4. The SMILES string of the molecule is Cc1ccc(-c2ccc(-c3ccc(C)o3)o2)o1. The highest BCUT2D eigenvalue weighted by atomic mass is 16.4. The Labute approximate surface area is 98.7 Å². The molecule has 0 saturated carbocycles. The van der Waals surface area contributed by atoms with E-state index in [1.165, 1.54) is 0 Å². The number of aryl methyl sites for hydroxylation is 2. The molecule has 3 aromatic heterocycles. The van der Waals surface area contributed by atoms with Crippen LogP contribution in [0.15, 0.2) is 49.6 Å². The van der Waals surface area contributed by atoms with Crippen LogP contribution < -0.4 is 0 Å². The number of hydrogen-bond acceptors (Lipinski definition) is 3. The highest BCUT2D eigenvalue weighted by molar-refractivity contribution is 5.58. The largest absolute Gasteiger partial charge is 0.458 e. The first kappa shape index (κ1) is 10.0. The molecule has 0 aliphatic carbocycles. The summed E-state index contributed by atoms with van der Waals surface area (Å²) in [4.78, 5) is 0. The smallest absolute Gasteiger partial charge is 0.170 e. The normalized spacial score (nSPS) is 10.9. The highest BCUT2D eigenvalue weighted by Gasteiger charge is 2.11. The zero-order valence-corrected chi connectivity index (χ0v) is 9.69. The van der Waals surface area contributed by atoms with Crippen LogP contribution in [0, 0.1) is 13.8 Å². The van der Waals surface area contributed by atoms with Crippen molar-refractivity contribution in [1.82, 2.24) is 0 Å². The predicted octanol–water partition coefficient (Wildman–Crippen LogP) is 4.42. The molecule has 0 N–H and O–H groups in total. The summed E-state index contributed by atoms with van der Waals surface area (Å²) in [5.74, 6) is 4.62. The van der Waals surface area contributed by atoms with Gasteiger partial charge in [0.1, 0.15) is 11.5 Å². The molecule has 0 saturated heterocycles. The molecule has 3 heteroatoms. The second-order valence-electron chi connectivity index (χ2n) is 3.98. The van der Waals surface area contributed by atoms with E-state index in [4.69, 9.17) is 13.3 Å². The average molecular weight is 228 g/mol. The molecule has 0 atom stereocenters. The van der Waals surface area contributed by atoms with E-state index in [-0.39, 0.29) is 0 Å². The third-order valence-corrected chi connectivity index (χ3v) is 2.57. The van der Waals surface area contributed by atoms with Gasteiger partial charge in [-0.15, -0.1) is 0 Å². The first-order valence-electron chi connectivity index (χ1n) is 5.46. The van der Waals surface area contributed by atoms with Crippen molar-refractivity contribution in [3.05, 3.63) is 47.9 Å². The summed E-state index contributed by atoms with van der Waals surface area (Å²) < 4.78 is 16.7. The van der Waals surface area contributed by atoms with Crippen LogP contribution in [0.1, 0.15) is 11.5 Å². The molecule has 0 aliphatic heterocycles. The lowest BCUT2D eigenvalue weighted by Crippen LogP contribution is -1.66. The van der Waals surface area contributed by atoms with Crippen LogP contribution in [0.2, 0.25) is 0 Å². The van der Waals surface area contributed by atoms with E-state index in [9.17, 15) is 0 Å². The Morgan fingerprint density at radius 2 is 0.882 bits per heavy atom. The molecule has 0 fully saturated rings. The lowest BCUT2D eigenvalue weighted by molar-refractivity contribution is 0.491. The van der Waals surface area contributed by atoms with Gasteiger partial charge in [-0.05, 0) is 50.2 Å². The Balaban J connectivity index is 1.98. The molecule has 3 nitrogen and oxygen atoms in total. The van der Waals surface area contributed by atoms with E-state index in [1.807, 2.05) is 50.2 Å². The van der Waals surface area contributed by atoms with Crippen LogP contribution >= 0.6 is 0 Å². The van der Waals surface area contributed by atoms with Crippen molar-refractivity contribution in [2.75, 3.05) is 0 Å². The van der Waals surface area contributed by atoms with Gasteiger partial charge in [0, 0.05) is 0 Å². The Hall–Kier alpha value is -2.16. The van der Waals surface area contributed by atoms with Crippen LogP contribution in [0.25, 0.3) is 23.0 Å². The maximum absolute atomic E-state index is 5.69. The van der Waals surface area contributed by atoms with E-state index >= 15 is 0 Å². The second kappa shape index (κ2) is 3.70. The minimum Gasteiger partial charge on any atom is -0.458 e. The lowest BCUT2D eigenvalue weighted by atomic mass is 10.3. The van der Waals surface area contributed by atoms with E-state index < -0.39 is 0 Å². The van der Waals surface area contributed by atoms with Gasteiger partial charge < -0.3 is 13.3 Å². The summed E-state index contributed by atoms with van der Waals surface area (Å²) in [6.45, 7) is 3.81. The first-order chi connectivity index (χ1) is 8.22. The van der Waals surface area contributed by atoms with E-state index in [0.29, 0.717) is 11.5 Å². The Bertz CT molecular complexity index is 585. The molecule has 3 aromatic rings. The van der Waals surface area contributed by atoms with Crippen LogP contribution in [-0.2, 0) is 0 Å². The van der Waals surface area contributed by atoms with Crippen molar-refractivity contribution in [2.24, 2.45) is 0 Å². The predicted molar refractivity (Wildman–Crippen MR) is 63.6 cm³/mol. The summed E-state index contributed by atoms with van der Waals surface area (Å²) in [6.07, 6.45) is 0. The van der Waals surface area contributed by atoms with Crippen LogP contribution in [-0.4, -0.2) is 0 Å². The molecule has 0 unspecified atom stereocenters. The van der Waals surface area contributed by atoms with Crippen molar-refractivity contribution in [2.45, 2.75) is 13.8 Å². The topological polar surface area (TPSA) is 39.4 Å². The fourth-order valence-electron chi connectivity index (χ4n) is 1.74. The van der Waals surface area contributed by atoms with Crippen molar-refractivity contribution in [1.29, 1.82) is 0 Å². The van der Waals surface area contributed by atoms with Crippen LogP contribution in [0.3, 0.4) is 0 Å². The molecule has 0 amide bonds. The van der Waals surface area contributed by atoms with Crippen molar-refractivity contribution in [3.63, 3.8) is 0 Å². The molecule has 0 aromatic carbocycles. The van der Waals surface area contributed by atoms with Gasteiger partial charge in [-0.1, -0.05) is 0 Å². The van der Waals surface area contributed by atoms with Gasteiger partial charge >= 0.3 is 0 Å². The van der Waals surface area contributed by atoms with Gasteiger partial charge in [-0.2, -0.15) is 0 Å². The van der Waals surface area contributed by atoms with Gasteiger partial charge in [-0.25, -0.2) is 0 Å². The van der Waals surface area contributed by atoms with Gasteiger partial charge in [0.05, 0.1) is 0 Å². The fraction of sp³-hybridized carbons (Fsp3) is 0.143. The summed E-state index contributed by atoms with van der Waals surface area (Å²) in [5.41, 5.74) is 0. The maximum atomic E-state index is 5.69. The molecule has 17 heavy (non-hydrogen) atoms. The molecular formula is C14H12O3. The van der Waals surface area contributed by atoms with E-state index in [2.05, 4.69) is 0 Å². The van der Waals surface area contributed by atoms with Gasteiger partial charge in [-0.3, -0.25) is 0 Å². The number of rotatable bonds is 2. The van der Waals surface area contributed by atoms with Crippen molar-refractivity contribution < 1.29 is 13.3 Å². The van der Waals surface area contributed by atoms with Gasteiger partial charge in [0.15, 0.2) is 23.0 Å². The fourth-order valence-corrected chi connectivity index (χ4v) is 1.74. The third kappa shape index (κ3) is 1.80. The van der Waals surface area contributed by atoms with Crippen LogP contribution in [0.4, 0.5) is 0 Å². The standard InChI is InChI=1S/C14H12O3/c1-9-3-5-11(15-9)13-7-8-14(17-13)12-6-4-10(2)16-12/h3-8H,1-2H3. The summed E-state index contributed by atoms with van der Waals surface area (Å²) in [7, 11) is 0. The minimum absolute atomic E-state index is 0.710. The second-order valence-corrected chi connectivity index (χ2v) is 3.98. The number of hydrogen-bond donors (Lipinski definition) is 0. The molecule has 0 aliphatic rings. The monoisotopic (exact) mass is 228 g/mol. The first-order valence-corrected chi connectivity index (χ1v) is 5.46. The number of furan rings is 3. The van der Waals surface area contributed by atoms with Gasteiger partial charge in [0.2, 0.25) is 0 Å². The third-order valence-electron chi connectivity index (χ3n) is 2.57. The Morgan fingerprint density at radius 1 is 0.529 bits per heavy atom. The van der Waals surface area contributed by atoms with Crippen LogP contribution in [0.5, 0.6) is 0 Å². The minimum atomic E-state index is 0.710. The maximum Gasteiger partial charge on any atom is 0.170 e. The molecule has 0 bridgehead atoms. The van der Waals surface area contributed by atoms with Gasteiger partial charge in [0.25, 0.3) is 0 Å².